The van der Waals surface area contributed by atoms with Gasteiger partial charge in [0, 0.05) is 25.2 Å². The number of fused-ring (bicyclic) bond motifs is 1. The number of carbonyl (C=O) groups excluding carboxylic acids is 2. The van der Waals surface area contributed by atoms with Crippen LogP contribution in [0, 0.1) is 20.8 Å². The van der Waals surface area contributed by atoms with Crippen LogP contribution in [0.25, 0.3) is 0 Å². The average Bonchev–Trinajstić information content (AvgIpc) is 2.80. The van der Waals surface area contributed by atoms with Crippen LogP contribution < -0.4 is 15.4 Å². The molecular formula is C26H36N4O4S. The van der Waals surface area contributed by atoms with Gasteiger partial charge >= 0.3 is 0 Å². The molecule has 1 amide bonds. The topological polar surface area (TPSA) is 117 Å². The molecule has 1 atom stereocenters. The average molecular weight is 501 g/mol. The number of carbonyl (C=O) groups is 2. The molecule has 8 nitrogen and oxygen atoms in total. The van der Waals surface area contributed by atoms with Gasteiger partial charge in [0.25, 0.3) is 0 Å². The third-order valence-corrected chi connectivity index (χ3v) is 7.95. The summed E-state index contributed by atoms with van der Waals surface area (Å²) in [4.78, 5) is 28.5. The van der Waals surface area contributed by atoms with Crippen LogP contribution in [-0.2, 0) is 32.5 Å². The minimum Gasteiger partial charge on any atom is -0.370 e. The Kier molecular flexibility index (Phi) is 9.40. The molecule has 1 aliphatic heterocycles. The highest BCUT2D eigenvalue weighted by molar-refractivity contribution is 7.89. The number of sulfonamides is 1. The maximum atomic E-state index is 12.9. The maximum Gasteiger partial charge on any atom is 0.241 e. The Bertz CT molecular complexity index is 1140. The molecule has 0 spiro atoms. The minimum absolute atomic E-state index is 0.109. The van der Waals surface area contributed by atoms with E-state index in [2.05, 4.69) is 32.5 Å². The lowest BCUT2D eigenvalue weighted by Crippen LogP contribution is -2.39. The summed E-state index contributed by atoms with van der Waals surface area (Å²) in [6, 6.07) is 6.89. The molecule has 2 aromatic rings. The first-order valence-electron chi connectivity index (χ1n) is 12.2. The fourth-order valence-corrected chi connectivity index (χ4v) is 6.21. The molecule has 0 aliphatic carbocycles. The molecule has 1 aliphatic rings. The second kappa shape index (κ2) is 12.3. The van der Waals surface area contributed by atoms with Gasteiger partial charge in [0.1, 0.15) is 12.1 Å². The van der Waals surface area contributed by atoms with Crippen molar-refractivity contribution >= 4 is 28.0 Å². The molecule has 1 aromatic carbocycles. The lowest BCUT2D eigenvalue weighted by molar-refractivity contribution is -0.121. The van der Waals surface area contributed by atoms with Crippen LogP contribution in [-0.4, -0.2) is 44.7 Å². The van der Waals surface area contributed by atoms with Gasteiger partial charge in [-0.15, -0.1) is 0 Å². The van der Waals surface area contributed by atoms with E-state index >= 15 is 0 Å². The van der Waals surface area contributed by atoms with E-state index < -0.39 is 16.1 Å². The Labute approximate surface area is 208 Å². The lowest BCUT2D eigenvalue weighted by Gasteiger charge is -2.17. The zero-order chi connectivity index (χ0) is 25.4. The molecule has 0 fully saturated rings. The largest absolute Gasteiger partial charge is 0.370 e. The van der Waals surface area contributed by atoms with Crippen molar-refractivity contribution in [3.63, 3.8) is 0 Å². The first-order chi connectivity index (χ1) is 16.7. The van der Waals surface area contributed by atoms with Crippen LogP contribution in [0.4, 0.5) is 5.82 Å². The monoisotopic (exact) mass is 500 g/mol. The maximum absolute atomic E-state index is 12.9. The second-order valence-corrected chi connectivity index (χ2v) is 10.9. The van der Waals surface area contributed by atoms with Gasteiger partial charge < -0.3 is 15.4 Å². The summed E-state index contributed by atoms with van der Waals surface area (Å²) in [6.45, 7) is 6.56. The van der Waals surface area contributed by atoms with Crippen molar-refractivity contribution in [2.75, 3.05) is 18.4 Å². The van der Waals surface area contributed by atoms with E-state index in [1.807, 2.05) is 6.92 Å². The van der Waals surface area contributed by atoms with Crippen LogP contribution in [0.1, 0.15) is 60.1 Å². The smallest absolute Gasteiger partial charge is 0.241 e. The lowest BCUT2D eigenvalue weighted by atomic mass is 10.1. The number of aromatic nitrogens is 1. The summed E-state index contributed by atoms with van der Waals surface area (Å²) < 4.78 is 28.2. The molecule has 1 unspecified atom stereocenters. The third kappa shape index (κ3) is 7.60. The van der Waals surface area contributed by atoms with Crippen LogP contribution >= 0.6 is 0 Å². The molecule has 0 saturated carbocycles. The van der Waals surface area contributed by atoms with Crippen molar-refractivity contribution in [2.45, 2.75) is 76.7 Å². The van der Waals surface area contributed by atoms with Gasteiger partial charge in [-0.3, -0.25) is 4.79 Å². The molecule has 9 heteroatoms. The standard InChI is InChI=1S/C26H36N4O4S/c1-18-15-19(2)25(20(3)16-18)35(33,34)30-23(17-31)12-14-27-24(32)9-5-4-8-22-11-10-21-7-6-13-28-26(21)29-22/h10-11,15-17,23,30H,4-9,12-14H2,1-3H3,(H,27,32)(H,28,29). The predicted molar refractivity (Wildman–Crippen MR) is 137 cm³/mol. The Hall–Kier alpha value is -2.78. The fourth-order valence-electron chi connectivity index (χ4n) is 4.56. The highest BCUT2D eigenvalue weighted by Crippen LogP contribution is 2.22. The van der Waals surface area contributed by atoms with Crippen LogP contribution in [0.2, 0.25) is 0 Å². The van der Waals surface area contributed by atoms with E-state index in [0.29, 0.717) is 23.8 Å². The normalized spacial score (nSPS) is 14.0. The van der Waals surface area contributed by atoms with Gasteiger partial charge in [0.2, 0.25) is 15.9 Å². The number of anilines is 1. The molecular weight excluding hydrogens is 464 g/mol. The highest BCUT2D eigenvalue weighted by Gasteiger charge is 2.23. The number of benzene rings is 1. The number of pyridine rings is 1. The summed E-state index contributed by atoms with van der Waals surface area (Å²) in [5, 5.41) is 6.12. The Morgan fingerprint density at radius 3 is 2.63 bits per heavy atom. The Balaban J connectivity index is 1.39. The molecule has 1 aromatic heterocycles. The van der Waals surface area contributed by atoms with E-state index in [0.717, 1.165) is 55.7 Å². The van der Waals surface area contributed by atoms with Crippen molar-refractivity contribution in [3.05, 3.63) is 52.2 Å². The first kappa shape index (κ1) is 26.8. The van der Waals surface area contributed by atoms with Crippen molar-refractivity contribution in [2.24, 2.45) is 0 Å². The van der Waals surface area contributed by atoms with Gasteiger partial charge in [-0.1, -0.05) is 23.8 Å². The Morgan fingerprint density at radius 1 is 1.17 bits per heavy atom. The van der Waals surface area contributed by atoms with Crippen LogP contribution in [0.5, 0.6) is 0 Å². The molecule has 3 rings (SSSR count). The fraction of sp³-hybridized carbons (Fsp3) is 0.500. The molecule has 190 valence electrons. The van der Waals surface area contributed by atoms with Gasteiger partial charge in [-0.2, -0.15) is 0 Å². The van der Waals surface area contributed by atoms with Crippen LogP contribution in [0.15, 0.2) is 29.2 Å². The van der Waals surface area contributed by atoms with Crippen molar-refractivity contribution in [3.8, 4) is 0 Å². The molecule has 3 N–H and O–H groups in total. The second-order valence-electron chi connectivity index (χ2n) is 9.28. The van der Waals surface area contributed by atoms with E-state index in [9.17, 15) is 18.0 Å². The quantitative estimate of drug-likeness (QED) is 0.304. The summed E-state index contributed by atoms with van der Waals surface area (Å²) in [7, 11) is -3.85. The molecule has 2 heterocycles. The number of hydrogen-bond donors (Lipinski definition) is 3. The zero-order valence-corrected chi connectivity index (χ0v) is 21.6. The number of nitrogens with zero attached hydrogens (tertiary/aromatic N) is 1. The molecule has 0 radical (unpaired) electrons. The third-order valence-electron chi connectivity index (χ3n) is 6.16. The zero-order valence-electron chi connectivity index (χ0n) is 20.8. The first-order valence-corrected chi connectivity index (χ1v) is 13.7. The minimum atomic E-state index is -3.85. The number of unbranched alkanes of at least 4 members (excludes halogenated alkanes) is 1. The van der Waals surface area contributed by atoms with E-state index in [4.69, 9.17) is 0 Å². The molecule has 0 bridgehead atoms. The highest BCUT2D eigenvalue weighted by atomic mass is 32.2. The van der Waals surface area contributed by atoms with Crippen LogP contribution in [0.3, 0.4) is 0 Å². The van der Waals surface area contributed by atoms with Gasteiger partial charge in [0.05, 0.1) is 10.9 Å². The Morgan fingerprint density at radius 2 is 1.91 bits per heavy atom. The number of nitrogens with one attached hydrogen (secondary N) is 3. The van der Waals surface area contributed by atoms with Crippen molar-refractivity contribution in [1.82, 2.24) is 15.0 Å². The van der Waals surface area contributed by atoms with Gasteiger partial charge in [0.15, 0.2) is 0 Å². The van der Waals surface area contributed by atoms with E-state index in [1.165, 1.54) is 5.56 Å². The summed E-state index contributed by atoms with van der Waals surface area (Å²) in [5.74, 6) is 0.877. The number of amides is 1. The van der Waals surface area contributed by atoms with E-state index in [-0.39, 0.29) is 23.8 Å². The van der Waals surface area contributed by atoms with E-state index in [1.54, 1.807) is 26.0 Å². The van der Waals surface area contributed by atoms with Crippen molar-refractivity contribution < 1.29 is 18.0 Å². The molecule has 0 saturated heterocycles. The number of aldehydes is 1. The number of aryl methyl sites for hydroxylation is 5. The summed E-state index contributed by atoms with van der Waals surface area (Å²) in [5.41, 5.74) is 4.53. The number of rotatable bonds is 12. The summed E-state index contributed by atoms with van der Waals surface area (Å²) in [6.07, 6.45) is 5.73. The summed E-state index contributed by atoms with van der Waals surface area (Å²) >= 11 is 0. The van der Waals surface area contributed by atoms with Gasteiger partial charge in [-0.25, -0.2) is 18.1 Å². The molecule has 35 heavy (non-hydrogen) atoms. The van der Waals surface area contributed by atoms with Crippen molar-refractivity contribution in [1.29, 1.82) is 0 Å². The number of hydrogen-bond acceptors (Lipinski definition) is 6. The SMILES string of the molecule is Cc1cc(C)c(S(=O)(=O)NC(C=O)CCNC(=O)CCCCc2ccc3c(n2)NCCC3)c(C)c1. The van der Waals surface area contributed by atoms with Gasteiger partial charge in [-0.05, 0) is 82.1 Å². The predicted octanol–water partition coefficient (Wildman–Crippen LogP) is 3.13.